The number of fused-ring (bicyclic) bond motifs is 7. The molecule has 4 aliphatic rings. The summed E-state index contributed by atoms with van der Waals surface area (Å²) in [6.45, 7) is 13.1. The highest BCUT2D eigenvalue weighted by Gasteiger charge is 2.67. The van der Waals surface area contributed by atoms with E-state index in [1.807, 2.05) is 6.08 Å². The molecule has 0 aliphatic heterocycles. The fraction of sp³-hybridized carbons (Fsp3) is 0.667. The second kappa shape index (κ2) is 7.14. The smallest absolute Gasteiger partial charge is 0.311 e. The van der Waals surface area contributed by atoms with Gasteiger partial charge in [0, 0.05) is 16.5 Å². The van der Waals surface area contributed by atoms with Crippen molar-refractivity contribution in [1.29, 1.82) is 0 Å². The molecule has 0 aromatic heterocycles. The molecule has 5 rings (SSSR count). The molecule has 190 valence electrons. The van der Waals surface area contributed by atoms with Crippen LogP contribution in [0.5, 0.6) is 11.5 Å². The third-order valence-corrected chi connectivity index (χ3v) is 11.6. The first kappa shape index (κ1) is 24.4. The molecule has 0 amide bonds. The highest BCUT2D eigenvalue weighted by molar-refractivity contribution is 6.10. The van der Waals surface area contributed by atoms with Crippen LogP contribution in [-0.2, 0) is 14.9 Å². The van der Waals surface area contributed by atoms with Crippen LogP contribution in [0.3, 0.4) is 0 Å². The van der Waals surface area contributed by atoms with Crippen LogP contribution in [-0.4, -0.2) is 29.1 Å². The first-order valence-electron chi connectivity index (χ1n) is 13.1. The van der Waals surface area contributed by atoms with Crippen molar-refractivity contribution < 1.29 is 24.5 Å². The van der Waals surface area contributed by atoms with Gasteiger partial charge in [-0.05, 0) is 104 Å². The number of aromatic hydroxyl groups is 2. The van der Waals surface area contributed by atoms with Gasteiger partial charge in [0.05, 0.1) is 12.5 Å². The Morgan fingerprint density at radius 1 is 1.00 bits per heavy atom. The third-order valence-electron chi connectivity index (χ3n) is 11.6. The highest BCUT2D eigenvalue weighted by Crippen LogP contribution is 2.74. The molecule has 3 fully saturated rings. The molecular formula is C30H40O5. The zero-order chi connectivity index (χ0) is 25.8. The minimum absolute atomic E-state index is 0.0766. The van der Waals surface area contributed by atoms with E-state index < -0.39 is 5.41 Å². The predicted molar refractivity (Wildman–Crippen MR) is 135 cm³/mol. The quantitative estimate of drug-likeness (QED) is 0.360. The molecule has 2 N–H and O–H groups in total. The standard InChI is InChI=1S/C30H40O5/c1-17-23-18(14-20(32)24(17)33)28(4)11-13-30(6)22-16-27(3,25(34)35-7)9-8-26(22,2)10-12-29(30,5)21(28)15-19(23)31/h14-15,22,32-33H,8-13,16H2,1-7H3/t22-,26+,27+,28+,29-,30+/m1/s1. The van der Waals surface area contributed by atoms with E-state index in [1.165, 1.54) is 7.11 Å². The number of hydrogen-bond donors (Lipinski definition) is 2. The zero-order valence-electron chi connectivity index (χ0n) is 22.3. The molecule has 4 aliphatic carbocycles. The molecular weight excluding hydrogens is 440 g/mol. The van der Waals surface area contributed by atoms with Gasteiger partial charge in [-0.2, -0.15) is 0 Å². The van der Waals surface area contributed by atoms with Gasteiger partial charge >= 0.3 is 5.97 Å². The number of carbonyl (C=O) groups excluding carboxylic acids is 2. The second-order valence-electron chi connectivity index (χ2n) is 13.3. The first-order chi connectivity index (χ1) is 16.2. The second-order valence-corrected chi connectivity index (χ2v) is 13.3. The number of phenolic OH excluding ortho intramolecular Hbond substituents is 2. The van der Waals surface area contributed by atoms with Crippen molar-refractivity contribution in [2.45, 2.75) is 91.9 Å². The summed E-state index contributed by atoms with van der Waals surface area (Å²) in [5, 5.41) is 20.8. The van der Waals surface area contributed by atoms with Crippen LogP contribution in [0.25, 0.3) is 0 Å². The van der Waals surface area contributed by atoms with Crippen LogP contribution < -0.4 is 0 Å². The third kappa shape index (κ3) is 2.87. The minimum Gasteiger partial charge on any atom is -0.504 e. The Hall–Kier alpha value is -2.30. The fourth-order valence-corrected chi connectivity index (χ4v) is 8.96. The predicted octanol–water partition coefficient (Wildman–Crippen LogP) is 6.37. The first-order valence-corrected chi connectivity index (χ1v) is 13.1. The number of ether oxygens (including phenoxy) is 1. The van der Waals surface area contributed by atoms with E-state index in [0.717, 1.165) is 56.1 Å². The maximum absolute atomic E-state index is 13.5. The van der Waals surface area contributed by atoms with Gasteiger partial charge in [0.1, 0.15) is 0 Å². The van der Waals surface area contributed by atoms with Crippen molar-refractivity contribution in [3.8, 4) is 11.5 Å². The van der Waals surface area contributed by atoms with E-state index in [-0.39, 0.29) is 44.9 Å². The van der Waals surface area contributed by atoms with E-state index in [0.29, 0.717) is 17.0 Å². The number of phenols is 2. The lowest BCUT2D eigenvalue weighted by Crippen LogP contribution is -2.62. The molecule has 0 heterocycles. The summed E-state index contributed by atoms with van der Waals surface area (Å²) in [4.78, 5) is 26.4. The van der Waals surface area contributed by atoms with E-state index in [4.69, 9.17) is 4.74 Å². The molecule has 0 saturated heterocycles. The summed E-state index contributed by atoms with van der Waals surface area (Å²) in [7, 11) is 1.49. The van der Waals surface area contributed by atoms with Gasteiger partial charge in [-0.15, -0.1) is 0 Å². The SMILES string of the molecule is COC(=O)[C@@]1(C)CC[C@@]2(C)CC[C@]3(C)C4=CC(=O)c5c(cc(O)c(O)c5C)[C@]4(C)CC[C@@]3(C)[C@@H]2C1. The van der Waals surface area contributed by atoms with Gasteiger partial charge in [0.2, 0.25) is 0 Å². The monoisotopic (exact) mass is 480 g/mol. The summed E-state index contributed by atoms with van der Waals surface area (Å²) in [5.41, 5.74) is 1.99. The van der Waals surface area contributed by atoms with Crippen molar-refractivity contribution >= 4 is 11.8 Å². The normalized spacial score (nSPS) is 42.2. The molecule has 6 atom stereocenters. The number of carbonyl (C=O) groups is 2. The zero-order valence-corrected chi connectivity index (χ0v) is 22.3. The number of benzene rings is 1. The molecule has 35 heavy (non-hydrogen) atoms. The molecule has 1 aromatic carbocycles. The molecule has 0 bridgehead atoms. The van der Waals surface area contributed by atoms with E-state index >= 15 is 0 Å². The van der Waals surface area contributed by atoms with E-state index in [9.17, 15) is 19.8 Å². The van der Waals surface area contributed by atoms with Crippen molar-refractivity contribution in [1.82, 2.24) is 0 Å². The minimum atomic E-state index is -0.481. The van der Waals surface area contributed by atoms with Crippen molar-refractivity contribution in [2.75, 3.05) is 7.11 Å². The summed E-state index contributed by atoms with van der Waals surface area (Å²) >= 11 is 0. The largest absolute Gasteiger partial charge is 0.504 e. The van der Waals surface area contributed by atoms with Crippen LogP contribution in [0, 0.1) is 34.5 Å². The average molecular weight is 481 g/mol. The lowest BCUT2D eigenvalue weighted by molar-refractivity contribution is -0.179. The van der Waals surface area contributed by atoms with Crippen molar-refractivity contribution in [3.05, 3.63) is 34.4 Å². The number of rotatable bonds is 1. The fourth-order valence-electron chi connectivity index (χ4n) is 8.96. The average Bonchev–Trinajstić information content (AvgIpc) is 2.81. The maximum atomic E-state index is 13.5. The van der Waals surface area contributed by atoms with Crippen LogP contribution in [0.15, 0.2) is 17.7 Å². The Kier molecular flexibility index (Phi) is 4.98. The van der Waals surface area contributed by atoms with Gasteiger partial charge in [0.25, 0.3) is 0 Å². The molecule has 0 spiro atoms. The van der Waals surface area contributed by atoms with Crippen molar-refractivity contribution in [2.24, 2.45) is 27.6 Å². The Balaban J connectivity index is 1.65. The van der Waals surface area contributed by atoms with Gasteiger partial charge in [-0.3, -0.25) is 9.59 Å². The topological polar surface area (TPSA) is 83.8 Å². The highest BCUT2D eigenvalue weighted by atomic mass is 16.5. The van der Waals surface area contributed by atoms with Crippen LogP contribution in [0.2, 0.25) is 0 Å². The Labute approximate surface area is 209 Å². The summed E-state index contributed by atoms with van der Waals surface area (Å²) in [5.74, 6) is -0.219. The van der Waals surface area contributed by atoms with Crippen LogP contribution >= 0.6 is 0 Å². The number of allylic oxidation sites excluding steroid dienone is 2. The maximum Gasteiger partial charge on any atom is 0.311 e. The van der Waals surface area contributed by atoms with Gasteiger partial charge in [0.15, 0.2) is 17.3 Å². The van der Waals surface area contributed by atoms with Crippen LogP contribution in [0.4, 0.5) is 0 Å². The van der Waals surface area contributed by atoms with Gasteiger partial charge < -0.3 is 14.9 Å². The van der Waals surface area contributed by atoms with E-state index in [2.05, 4.69) is 34.6 Å². The summed E-state index contributed by atoms with van der Waals surface area (Å²) in [6, 6.07) is 1.62. The van der Waals surface area contributed by atoms with Crippen LogP contribution in [0.1, 0.15) is 101 Å². The molecule has 0 radical (unpaired) electrons. The number of hydrogen-bond acceptors (Lipinski definition) is 5. The Morgan fingerprint density at radius 2 is 1.66 bits per heavy atom. The number of methoxy groups -OCH3 is 1. The number of esters is 1. The summed E-state index contributed by atoms with van der Waals surface area (Å²) < 4.78 is 5.25. The number of ketones is 1. The molecule has 0 unspecified atom stereocenters. The Bertz CT molecular complexity index is 1180. The molecule has 3 saturated carbocycles. The molecule has 5 nitrogen and oxygen atoms in total. The lowest BCUT2D eigenvalue weighted by Gasteiger charge is -2.69. The molecule has 1 aromatic rings. The van der Waals surface area contributed by atoms with Crippen molar-refractivity contribution in [3.63, 3.8) is 0 Å². The Morgan fingerprint density at radius 3 is 2.31 bits per heavy atom. The molecule has 5 heteroatoms. The van der Waals surface area contributed by atoms with Gasteiger partial charge in [-0.1, -0.05) is 27.7 Å². The van der Waals surface area contributed by atoms with Gasteiger partial charge in [-0.25, -0.2) is 0 Å². The van der Waals surface area contributed by atoms with E-state index in [1.54, 1.807) is 13.0 Å². The summed E-state index contributed by atoms with van der Waals surface area (Å²) in [6.07, 6.45) is 8.43. The lowest BCUT2D eigenvalue weighted by atomic mass is 9.34.